The van der Waals surface area contributed by atoms with Crippen molar-refractivity contribution in [1.82, 2.24) is 0 Å². The van der Waals surface area contributed by atoms with E-state index >= 15 is 0 Å². The summed E-state index contributed by atoms with van der Waals surface area (Å²) in [6.07, 6.45) is 0. The Bertz CT molecular complexity index is 1100. The molecular formula is C18H15NO5S. The fraction of sp³-hybridized carbons (Fsp3) is 0.111. The van der Waals surface area contributed by atoms with E-state index in [1.807, 2.05) is 6.92 Å². The van der Waals surface area contributed by atoms with Crippen molar-refractivity contribution in [1.29, 1.82) is 0 Å². The van der Waals surface area contributed by atoms with Gasteiger partial charge in [0, 0.05) is 17.1 Å². The first kappa shape index (κ1) is 16.9. The van der Waals surface area contributed by atoms with Crippen LogP contribution in [0.15, 0.2) is 68.7 Å². The van der Waals surface area contributed by atoms with E-state index in [-0.39, 0.29) is 4.90 Å². The third-order valence-electron chi connectivity index (χ3n) is 3.60. The standard InChI is InChI=1S/C18H15NO5S/c1-12-2-6-15(7-3-12)25(22,23)11-17(20)19-14-5-8-16-13(10-14)4-9-18(21)24-16/h2-10H,11H2,1H3,(H,19,20). The van der Waals surface area contributed by atoms with Crippen LogP contribution in [0.25, 0.3) is 11.0 Å². The van der Waals surface area contributed by atoms with Crippen molar-refractivity contribution in [2.75, 3.05) is 11.1 Å². The highest BCUT2D eigenvalue weighted by Gasteiger charge is 2.19. The average molecular weight is 357 g/mol. The summed E-state index contributed by atoms with van der Waals surface area (Å²) in [5.74, 6) is -1.30. The third-order valence-corrected chi connectivity index (χ3v) is 5.24. The van der Waals surface area contributed by atoms with Gasteiger partial charge in [0.1, 0.15) is 11.3 Å². The molecule has 0 unspecified atom stereocenters. The van der Waals surface area contributed by atoms with Crippen LogP contribution in [-0.2, 0) is 14.6 Å². The van der Waals surface area contributed by atoms with Gasteiger partial charge in [0.2, 0.25) is 5.91 Å². The first-order valence-electron chi connectivity index (χ1n) is 7.47. The zero-order valence-corrected chi connectivity index (χ0v) is 14.2. The number of fused-ring (bicyclic) bond motifs is 1. The molecule has 0 aliphatic carbocycles. The monoisotopic (exact) mass is 357 g/mol. The number of rotatable bonds is 4. The lowest BCUT2D eigenvalue weighted by molar-refractivity contribution is -0.113. The maximum Gasteiger partial charge on any atom is 0.336 e. The molecule has 0 atom stereocenters. The molecule has 0 aliphatic rings. The molecule has 0 saturated heterocycles. The first-order chi connectivity index (χ1) is 11.8. The minimum absolute atomic E-state index is 0.105. The molecule has 0 fully saturated rings. The molecule has 128 valence electrons. The van der Waals surface area contributed by atoms with Gasteiger partial charge >= 0.3 is 5.63 Å². The number of amides is 1. The fourth-order valence-electron chi connectivity index (χ4n) is 2.35. The number of carbonyl (C=O) groups is 1. The summed E-state index contributed by atoms with van der Waals surface area (Å²) in [6, 6.07) is 13.9. The lowest BCUT2D eigenvalue weighted by Crippen LogP contribution is -2.23. The zero-order valence-electron chi connectivity index (χ0n) is 13.4. The Labute approximate surface area is 144 Å². The van der Waals surface area contributed by atoms with Gasteiger partial charge in [-0.3, -0.25) is 4.79 Å². The highest BCUT2D eigenvalue weighted by Crippen LogP contribution is 2.18. The number of aryl methyl sites for hydroxylation is 1. The molecule has 0 radical (unpaired) electrons. The van der Waals surface area contributed by atoms with Crippen LogP contribution < -0.4 is 10.9 Å². The summed E-state index contributed by atoms with van der Waals surface area (Å²) in [7, 11) is -3.72. The molecule has 1 heterocycles. The Hall–Kier alpha value is -2.93. The molecule has 2 aromatic carbocycles. The van der Waals surface area contributed by atoms with Crippen LogP contribution in [0.3, 0.4) is 0 Å². The van der Waals surface area contributed by atoms with Crippen LogP contribution in [-0.4, -0.2) is 20.1 Å². The SMILES string of the molecule is Cc1ccc(S(=O)(=O)CC(=O)Nc2ccc3oc(=O)ccc3c2)cc1. The molecule has 25 heavy (non-hydrogen) atoms. The number of hydrogen-bond donors (Lipinski definition) is 1. The molecule has 1 amide bonds. The molecule has 3 aromatic rings. The van der Waals surface area contributed by atoms with E-state index in [1.54, 1.807) is 36.4 Å². The summed E-state index contributed by atoms with van der Waals surface area (Å²) in [4.78, 5) is 23.4. The van der Waals surface area contributed by atoms with Gasteiger partial charge in [-0.05, 0) is 43.3 Å². The molecule has 3 rings (SSSR count). The Morgan fingerprint density at radius 2 is 1.76 bits per heavy atom. The lowest BCUT2D eigenvalue weighted by atomic mass is 10.2. The second kappa shape index (κ2) is 6.52. The number of hydrogen-bond acceptors (Lipinski definition) is 5. The van der Waals surface area contributed by atoms with E-state index < -0.39 is 27.1 Å². The van der Waals surface area contributed by atoms with Crippen LogP contribution >= 0.6 is 0 Å². The van der Waals surface area contributed by atoms with Gasteiger partial charge in [0.25, 0.3) is 0 Å². The van der Waals surface area contributed by atoms with Gasteiger partial charge in [0.05, 0.1) is 4.90 Å². The van der Waals surface area contributed by atoms with Crippen LogP contribution in [0.4, 0.5) is 5.69 Å². The van der Waals surface area contributed by atoms with Crippen molar-refractivity contribution in [3.8, 4) is 0 Å². The third kappa shape index (κ3) is 3.95. The molecule has 0 saturated carbocycles. The maximum absolute atomic E-state index is 12.3. The van der Waals surface area contributed by atoms with E-state index in [4.69, 9.17) is 4.42 Å². The number of anilines is 1. The average Bonchev–Trinajstić information content (AvgIpc) is 2.55. The second-order valence-electron chi connectivity index (χ2n) is 5.63. The summed E-state index contributed by atoms with van der Waals surface area (Å²) < 4.78 is 29.6. The molecule has 0 bridgehead atoms. The van der Waals surface area contributed by atoms with Gasteiger partial charge in [-0.1, -0.05) is 17.7 Å². The minimum Gasteiger partial charge on any atom is -0.423 e. The van der Waals surface area contributed by atoms with Crippen LogP contribution in [0.1, 0.15) is 5.56 Å². The maximum atomic E-state index is 12.3. The molecule has 0 aliphatic heterocycles. The number of benzene rings is 2. The van der Waals surface area contributed by atoms with Gasteiger partial charge in [-0.2, -0.15) is 0 Å². The topological polar surface area (TPSA) is 93.4 Å². The Morgan fingerprint density at radius 1 is 1.04 bits per heavy atom. The van der Waals surface area contributed by atoms with Crippen molar-refractivity contribution >= 4 is 32.4 Å². The number of carbonyl (C=O) groups excluding carboxylic acids is 1. The van der Waals surface area contributed by atoms with Gasteiger partial charge in [0.15, 0.2) is 9.84 Å². The molecule has 1 N–H and O–H groups in total. The Balaban J connectivity index is 1.77. The Morgan fingerprint density at radius 3 is 2.48 bits per heavy atom. The smallest absolute Gasteiger partial charge is 0.336 e. The normalized spacial score (nSPS) is 11.4. The molecule has 7 heteroatoms. The van der Waals surface area contributed by atoms with Gasteiger partial charge in [-0.15, -0.1) is 0 Å². The highest BCUT2D eigenvalue weighted by molar-refractivity contribution is 7.92. The van der Waals surface area contributed by atoms with E-state index in [2.05, 4.69) is 5.32 Å². The van der Waals surface area contributed by atoms with Gasteiger partial charge < -0.3 is 9.73 Å². The first-order valence-corrected chi connectivity index (χ1v) is 9.12. The molecular weight excluding hydrogens is 342 g/mol. The van der Waals surface area contributed by atoms with E-state index in [1.165, 1.54) is 18.2 Å². The second-order valence-corrected chi connectivity index (χ2v) is 7.62. The van der Waals surface area contributed by atoms with E-state index in [0.29, 0.717) is 16.7 Å². The predicted octanol–water partition coefficient (Wildman–Crippen LogP) is 2.51. The van der Waals surface area contributed by atoms with Gasteiger partial charge in [-0.25, -0.2) is 13.2 Å². The number of sulfone groups is 1. The minimum atomic E-state index is -3.72. The summed E-state index contributed by atoms with van der Waals surface area (Å²) >= 11 is 0. The van der Waals surface area contributed by atoms with Crippen molar-refractivity contribution < 1.29 is 17.6 Å². The predicted molar refractivity (Wildman–Crippen MR) is 94.3 cm³/mol. The van der Waals surface area contributed by atoms with E-state index in [0.717, 1.165) is 5.56 Å². The van der Waals surface area contributed by atoms with Crippen molar-refractivity contribution in [3.05, 3.63) is 70.6 Å². The summed E-state index contributed by atoms with van der Waals surface area (Å²) in [6.45, 7) is 1.85. The molecule has 6 nitrogen and oxygen atoms in total. The summed E-state index contributed by atoms with van der Waals surface area (Å²) in [5, 5.41) is 3.17. The number of nitrogens with one attached hydrogen (secondary N) is 1. The van der Waals surface area contributed by atoms with Crippen LogP contribution in [0.2, 0.25) is 0 Å². The zero-order chi connectivity index (χ0) is 18.0. The van der Waals surface area contributed by atoms with Crippen molar-refractivity contribution in [2.24, 2.45) is 0 Å². The van der Waals surface area contributed by atoms with Crippen molar-refractivity contribution in [2.45, 2.75) is 11.8 Å². The lowest BCUT2D eigenvalue weighted by Gasteiger charge is -2.07. The Kier molecular flexibility index (Phi) is 4.41. The summed E-state index contributed by atoms with van der Waals surface area (Å²) in [5.41, 5.74) is 1.28. The van der Waals surface area contributed by atoms with E-state index in [9.17, 15) is 18.0 Å². The van der Waals surface area contributed by atoms with Crippen LogP contribution in [0.5, 0.6) is 0 Å². The highest BCUT2D eigenvalue weighted by atomic mass is 32.2. The molecule has 0 spiro atoms. The van der Waals surface area contributed by atoms with Crippen molar-refractivity contribution in [3.63, 3.8) is 0 Å². The van der Waals surface area contributed by atoms with Crippen LogP contribution in [0, 0.1) is 6.92 Å². The quantitative estimate of drug-likeness (QED) is 0.724. The largest absolute Gasteiger partial charge is 0.423 e. The molecule has 1 aromatic heterocycles. The fourth-order valence-corrected chi connectivity index (χ4v) is 3.48.